The Morgan fingerprint density at radius 1 is 1.06 bits per heavy atom. The molecule has 1 aliphatic carbocycles. The topological polar surface area (TPSA) is 52.8 Å². The summed E-state index contributed by atoms with van der Waals surface area (Å²) in [5, 5.41) is 10.1. The lowest BCUT2D eigenvalue weighted by Gasteiger charge is -2.46. The molecule has 0 spiro atoms. The highest BCUT2D eigenvalue weighted by atomic mass is 19.4. The number of hydrogen-bond donors (Lipinski definition) is 0. The summed E-state index contributed by atoms with van der Waals surface area (Å²) in [6, 6.07) is 15.8. The van der Waals surface area contributed by atoms with E-state index in [4.69, 9.17) is 4.74 Å². The van der Waals surface area contributed by atoms with Crippen molar-refractivity contribution in [1.29, 1.82) is 0 Å². The number of methoxy groups -OCH3 is 1. The van der Waals surface area contributed by atoms with Crippen LogP contribution in [0.1, 0.15) is 49.1 Å². The Morgan fingerprint density at radius 2 is 1.81 bits per heavy atom. The number of allylic oxidation sites excluding steroid dienone is 2. The van der Waals surface area contributed by atoms with Gasteiger partial charge in [-0.1, -0.05) is 37.3 Å². The van der Waals surface area contributed by atoms with E-state index < -0.39 is 12.0 Å². The molecule has 2 aromatic carbocycles. The van der Waals surface area contributed by atoms with Crippen LogP contribution in [0.4, 0.5) is 13.2 Å². The van der Waals surface area contributed by atoms with Crippen LogP contribution in [0.3, 0.4) is 0 Å². The number of rotatable bonds is 6. The zero-order chi connectivity index (χ0) is 25.3. The van der Waals surface area contributed by atoms with E-state index in [-0.39, 0.29) is 11.7 Å². The second-order valence-corrected chi connectivity index (χ2v) is 9.66. The van der Waals surface area contributed by atoms with Crippen molar-refractivity contribution in [3.63, 3.8) is 0 Å². The first-order chi connectivity index (χ1) is 17.3. The van der Waals surface area contributed by atoms with Crippen molar-refractivity contribution >= 4 is 0 Å². The lowest BCUT2D eigenvalue weighted by molar-refractivity contribution is -0.870. The lowest BCUT2D eigenvalue weighted by atomic mass is 9.72. The van der Waals surface area contributed by atoms with Crippen molar-refractivity contribution < 1.29 is 22.4 Å². The van der Waals surface area contributed by atoms with Crippen LogP contribution in [0.15, 0.2) is 73.1 Å². The monoisotopic (exact) mass is 496 g/mol. The van der Waals surface area contributed by atoms with Gasteiger partial charge in [0.2, 0.25) is 0 Å². The molecule has 9 heteroatoms. The van der Waals surface area contributed by atoms with Crippen LogP contribution in [0.2, 0.25) is 0 Å². The second kappa shape index (κ2) is 9.54. The molecule has 1 aromatic heterocycles. The Morgan fingerprint density at radius 3 is 2.50 bits per heavy atom. The minimum atomic E-state index is -4.67. The summed E-state index contributed by atoms with van der Waals surface area (Å²) in [5.74, 6) is 0.311. The molecule has 2 aliphatic rings. The molecule has 0 bridgehead atoms. The predicted octanol–water partition coefficient (Wildman–Crippen LogP) is 6.02. The number of alkyl halides is 3. The molecule has 3 aromatic rings. The quantitative estimate of drug-likeness (QED) is 0.392. The first-order valence-corrected chi connectivity index (χ1v) is 12.1. The number of aromatic nitrogens is 4. The first-order valence-electron chi connectivity index (χ1n) is 12.1. The van der Waals surface area contributed by atoms with Crippen molar-refractivity contribution in [2.45, 2.75) is 50.9 Å². The minimum Gasteiger partial charge on any atom is -0.496 e. The number of benzene rings is 2. The van der Waals surface area contributed by atoms with Gasteiger partial charge >= 0.3 is 6.18 Å². The fourth-order valence-corrected chi connectivity index (χ4v) is 5.92. The lowest BCUT2D eigenvalue weighted by Crippen LogP contribution is -2.51. The Hall–Kier alpha value is -3.46. The van der Waals surface area contributed by atoms with Crippen LogP contribution < -0.4 is 4.74 Å². The summed E-state index contributed by atoms with van der Waals surface area (Å²) >= 11 is 0. The molecule has 0 unspecified atom stereocenters. The Labute approximate surface area is 208 Å². The molecule has 0 radical (unpaired) electrons. The SMILES string of the molecule is COc1ccc(-n2nnnc2C(F)(F)F)cc1C[N+]1([C@H]2CCC[C@H](C)[C@H]2c2ccccc2)C=CC=C1. The minimum absolute atomic E-state index is 0.241. The van der Waals surface area contributed by atoms with E-state index in [1.807, 2.05) is 6.07 Å². The van der Waals surface area contributed by atoms with Crippen molar-refractivity contribution in [2.75, 3.05) is 7.11 Å². The highest BCUT2D eigenvalue weighted by Gasteiger charge is 2.46. The molecule has 188 valence electrons. The molecule has 2 heterocycles. The summed E-state index contributed by atoms with van der Waals surface area (Å²) < 4.78 is 47.4. The molecule has 1 aliphatic heterocycles. The van der Waals surface area contributed by atoms with Crippen molar-refractivity contribution in [2.24, 2.45) is 5.92 Å². The Kier molecular flexibility index (Phi) is 6.42. The maximum absolute atomic E-state index is 13.5. The van der Waals surface area contributed by atoms with E-state index in [1.54, 1.807) is 25.3 Å². The maximum atomic E-state index is 13.5. The van der Waals surface area contributed by atoms with Crippen molar-refractivity contribution in [3.8, 4) is 11.4 Å². The van der Waals surface area contributed by atoms with Gasteiger partial charge in [-0.05, 0) is 65.1 Å². The normalized spacial score (nSPS) is 23.2. The molecule has 0 saturated heterocycles. The largest absolute Gasteiger partial charge is 0.496 e. The zero-order valence-corrected chi connectivity index (χ0v) is 20.3. The number of halogens is 3. The Balaban J connectivity index is 1.56. The molecule has 0 amide bonds. The van der Waals surface area contributed by atoms with Crippen molar-refractivity contribution in [3.05, 3.63) is 90.0 Å². The van der Waals surface area contributed by atoms with Gasteiger partial charge in [-0.25, -0.2) is 0 Å². The van der Waals surface area contributed by atoms with E-state index in [2.05, 4.69) is 71.3 Å². The highest BCUT2D eigenvalue weighted by Crippen LogP contribution is 2.46. The van der Waals surface area contributed by atoms with Gasteiger partial charge in [-0.15, -0.1) is 5.10 Å². The number of quaternary nitrogens is 1. The average Bonchev–Trinajstić information content (AvgIpc) is 3.55. The molecule has 5 rings (SSSR count). The number of nitrogens with zero attached hydrogens (tertiary/aromatic N) is 5. The second-order valence-electron chi connectivity index (χ2n) is 9.66. The van der Waals surface area contributed by atoms with Crippen molar-refractivity contribution in [1.82, 2.24) is 20.2 Å². The van der Waals surface area contributed by atoms with E-state index in [0.29, 0.717) is 28.6 Å². The molecular formula is C27H29F3N5O+. The maximum Gasteiger partial charge on any atom is 0.453 e. The van der Waals surface area contributed by atoms with Crippen LogP contribution in [-0.4, -0.2) is 37.8 Å². The molecule has 0 N–H and O–H groups in total. The molecule has 1 fully saturated rings. The van der Waals surface area contributed by atoms with E-state index >= 15 is 0 Å². The summed E-state index contributed by atoms with van der Waals surface area (Å²) in [6.07, 6.45) is 7.19. The van der Waals surface area contributed by atoms with Crippen LogP contribution >= 0.6 is 0 Å². The third kappa shape index (κ3) is 4.43. The van der Waals surface area contributed by atoms with Crippen LogP contribution in [0.25, 0.3) is 5.69 Å². The van der Waals surface area contributed by atoms with E-state index in [1.165, 1.54) is 12.0 Å². The van der Waals surface area contributed by atoms with Crippen LogP contribution in [0, 0.1) is 5.92 Å². The fraction of sp³-hybridized carbons (Fsp3) is 0.370. The number of hydrogen-bond acceptors (Lipinski definition) is 4. The van der Waals surface area contributed by atoms with E-state index in [0.717, 1.165) is 23.1 Å². The highest BCUT2D eigenvalue weighted by molar-refractivity contribution is 5.44. The van der Waals surface area contributed by atoms with Gasteiger partial charge in [-0.3, -0.25) is 4.48 Å². The fourth-order valence-electron chi connectivity index (χ4n) is 5.92. The van der Waals surface area contributed by atoms with Crippen LogP contribution in [-0.2, 0) is 12.7 Å². The smallest absolute Gasteiger partial charge is 0.453 e. The van der Waals surface area contributed by atoms with Gasteiger partial charge in [0.15, 0.2) is 0 Å². The summed E-state index contributed by atoms with van der Waals surface area (Å²) in [4.78, 5) is 0. The number of tetrazole rings is 1. The van der Waals surface area contributed by atoms with Gasteiger partial charge < -0.3 is 4.74 Å². The van der Waals surface area contributed by atoms with Gasteiger partial charge in [0, 0.05) is 12.3 Å². The van der Waals surface area contributed by atoms with Gasteiger partial charge in [0.25, 0.3) is 5.82 Å². The van der Waals surface area contributed by atoms with Gasteiger partial charge in [0.1, 0.15) is 30.7 Å². The predicted molar refractivity (Wildman–Crippen MR) is 129 cm³/mol. The van der Waals surface area contributed by atoms with E-state index in [9.17, 15) is 13.2 Å². The Bertz CT molecular complexity index is 1260. The van der Waals surface area contributed by atoms with Gasteiger partial charge in [-0.2, -0.15) is 17.9 Å². The van der Waals surface area contributed by atoms with Gasteiger partial charge in [0.05, 0.1) is 18.4 Å². The molecule has 3 atom stereocenters. The third-order valence-corrected chi connectivity index (χ3v) is 7.50. The third-order valence-electron chi connectivity index (χ3n) is 7.50. The summed E-state index contributed by atoms with van der Waals surface area (Å²) in [7, 11) is 1.58. The molecule has 1 saturated carbocycles. The first kappa shape index (κ1) is 24.2. The summed E-state index contributed by atoms with van der Waals surface area (Å²) in [6.45, 7) is 2.86. The number of ether oxygens (including phenoxy) is 1. The molecular weight excluding hydrogens is 467 g/mol. The zero-order valence-electron chi connectivity index (χ0n) is 20.3. The molecule has 36 heavy (non-hydrogen) atoms. The average molecular weight is 497 g/mol. The molecule has 6 nitrogen and oxygen atoms in total. The summed E-state index contributed by atoms with van der Waals surface area (Å²) in [5.41, 5.74) is 2.36. The standard InChI is InChI=1S/C27H29F3N5O/c1-19-9-8-12-23(25(19)20-10-4-3-5-11-20)35(15-6-7-16-35)18-21-17-22(13-14-24(21)36-2)34-26(27(28,29)30)31-32-33-34/h3-7,10-11,13-17,19,23,25H,8-9,12,18H2,1-2H3/q+1/t19-,23-,25-/m0/s1. The van der Waals surface area contributed by atoms with Crippen LogP contribution in [0.5, 0.6) is 5.75 Å².